The number of Topliss-reactive ketones (excluding diaryl/α,β-unsaturated/α-hetero) is 2. The average molecular weight is 565 g/mol. The summed E-state index contributed by atoms with van der Waals surface area (Å²) in [7, 11) is 3.31. The highest BCUT2D eigenvalue weighted by Gasteiger charge is 2.43. The number of nitrogens with zero attached hydrogens (tertiary/aromatic N) is 1. The number of carbonyl (C=O) groups excluding carboxylic acids is 2. The third kappa shape index (κ3) is 4.58. The van der Waals surface area contributed by atoms with Crippen LogP contribution >= 0.6 is 22.6 Å². The monoisotopic (exact) mass is 565 g/mol. The van der Waals surface area contributed by atoms with Gasteiger partial charge in [-0.1, -0.05) is 0 Å². The number of allylic oxidation sites excluding steroid dienone is 4. The van der Waals surface area contributed by atoms with E-state index >= 15 is 0 Å². The molecule has 0 saturated carbocycles. The normalized spacial score (nSPS) is 19.3. The number of hydrogen-bond acceptors (Lipinski definition) is 6. The first-order chi connectivity index (χ1) is 15.9. The second-order valence-corrected chi connectivity index (χ2v) is 10.2. The number of ether oxygens (including phenoxy) is 3. The predicted molar refractivity (Wildman–Crippen MR) is 135 cm³/mol. The van der Waals surface area contributed by atoms with Crippen molar-refractivity contribution in [2.45, 2.75) is 64.4 Å². The molecule has 0 bridgehead atoms. The molecule has 0 fully saturated rings. The lowest BCUT2D eigenvalue weighted by atomic mass is 9.71. The minimum atomic E-state index is -0.357. The molecule has 1 aromatic rings. The first kappa shape index (κ1) is 24.3. The average Bonchev–Trinajstić information content (AvgIpc) is 2.78. The lowest BCUT2D eigenvalue weighted by Crippen LogP contribution is -2.40. The summed E-state index contributed by atoms with van der Waals surface area (Å²) in [5.41, 5.74) is 4.61. The van der Waals surface area contributed by atoms with Gasteiger partial charge in [0.05, 0.1) is 23.4 Å². The first-order valence-electron chi connectivity index (χ1n) is 11.7. The van der Waals surface area contributed by atoms with Crippen LogP contribution in [0.2, 0.25) is 0 Å². The molecule has 1 aliphatic heterocycles. The van der Waals surface area contributed by atoms with Gasteiger partial charge in [-0.25, -0.2) is 0 Å². The van der Waals surface area contributed by atoms with Gasteiger partial charge in [-0.15, -0.1) is 0 Å². The second-order valence-electron chi connectivity index (χ2n) is 9.05. The molecule has 178 valence electrons. The molecule has 0 atom stereocenters. The standard InChI is InChI=1S/C26H32INO5/c1-15(2)33-26-17(27)13-16(14-22(26)32-4)23-24-18(7-5-9-20(24)29)28(11-12-31-3)19-8-6-10-21(30)25(19)23/h13-15,23H,5-12H2,1-4H3. The molecule has 0 aromatic heterocycles. The summed E-state index contributed by atoms with van der Waals surface area (Å²) < 4.78 is 18.0. The van der Waals surface area contributed by atoms with Crippen LogP contribution in [0.1, 0.15) is 63.9 Å². The van der Waals surface area contributed by atoms with E-state index < -0.39 is 0 Å². The molecule has 0 unspecified atom stereocenters. The second kappa shape index (κ2) is 10.2. The smallest absolute Gasteiger partial charge is 0.174 e. The number of rotatable bonds is 7. The maximum atomic E-state index is 13.4. The summed E-state index contributed by atoms with van der Waals surface area (Å²) in [6.45, 7) is 5.17. The molecule has 0 spiro atoms. The fourth-order valence-corrected chi connectivity index (χ4v) is 6.01. The fourth-order valence-electron chi connectivity index (χ4n) is 5.26. The van der Waals surface area contributed by atoms with Gasteiger partial charge in [-0.2, -0.15) is 0 Å². The van der Waals surface area contributed by atoms with Gasteiger partial charge < -0.3 is 19.1 Å². The Labute approximate surface area is 209 Å². The molecule has 7 heteroatoms. The van der Waals surface area contributed by atoms with E-state index in [1.54, 1.807) is 14.2 Å². The highest BCUT2D eigenvalue weighted by molar-refractivity contribution is 14.1. The zero-order chi connectivity index (χ0) is 23.7. The lowest BCUT2D eigenvalue weighted by Gasteiger charge is -2.44. The molecule has 1 aromatic carbocycles. The number of benzene rings is 1. The summed E-state index contributed by atoms with van der Waals surface area (Å²) >= 11 is 2.26. The lowest BCUT2D eigenvalue weighted by molar-refractivity contribution is -0.117. The van der Waals surface area contributed by atoms with Crippen molar-refractivity contribution >= 4 is 34.2 Å². The van der Waals surface area contributed by atoms with Crippen LogP contribution in [0.3, 0.4) is 0 Å². The molecule has 0 radical (unpaired) electrons. The van der Waals surface area contributed by atoms with E-state index in [4.69, 9.17) is 14.2 Å². The minimum absolute atomic E-state index is 0.00533. The van der Waals surface area contributed by atoms with Gasteiger partial charge in [-0.3, -0.25) is 9.59 Å². The first-order valence-corrected chi connectivity index (χ1v) is 12.8. The fraction of sp³-hybridized carbons (Fsp3) is 0.538. The molecular formula is C26H32INO5. The van der Waals surface area contributed by atoms with E-state index in [2.05, 4.69) is 33.6 Å². The van der Waals surface area contributed by atoms with Crippen molar-refractivity contribution < 1.29 is 23.8 Å². The van der Waals surface area contributed by atoms with Gasteiger partial charge in [0.1, 0.15) is 0 Å². The van der Waals surface area contributed by atoms with E-state index in [0.29, 0.717) is 37.5 Å². The van der Waals surface area contributed by atoms with E-state index in [-0.39, 0.29) is 23.6 Å². The molecule has 4 rings (SSSR count). The van der Waals surface area contributed by atoms with Crippen molar-refractivity contribution in [2.24, 2.45) is 0 Å². The van der Waals surface area contributed by atoms with Crippen molar-refractivity contribution in [2.75, 3.05) is 27.4 Å². The molecule has 0 amide bonds. The molecule has 0 N–H and O–H groups in total. The Morgan fingerprint density at radius 1 is 1.00 bits per heavy atom. The summed E-state index contributed by atoms with van der Waals surface area (Å²) in [6.07, 6.45) is 4.41. The van der Waals surface area contributed by atoms with Crippen LogP contribution in [0.15, 0.2) is 34.7 Å². The number of halogens is 1. The van der Waals surface area contributed by atoms with Gasteiger partial charge in [0, 0.05) is 55.0 Å². The molecule has 33 heavy (non-hydrogen) atoms. The van der Waals surface area contributed by atoms with Crippen molar-refractivity contribution in [3.63, 3.8) is 0 Å². The molecule has 0 saturated heterocycles. The summed E-state index contributed by atoms with van der Waals surface area (Å²) in [6, 6.07) is 4.00. The van der Waals surface area contributed by atoms with Crippen LogP contribution in [0.4, 0.5) is 0 Å². The van der Waals surface area contributed by atoms with Gasteiger partial charge >= 0.3 is 0 Å². The Kier molecular flexibility index (Phi) is 7.48. The highest BCUT2D eigenvalue weighted by atomic mass is 127. The Hall–Kier alpha value is -1.87. The third-order valence-electron chi connectivity index (χ3n) is 6.54. The predicted octanol–water partition coefficient (Wildman–Crippen LogP) is 5.15. The summed E-state index contributed by atoms with van der Waals surface area (Å²) in [5.74, 6) is 1.26. The molecular weight excluding hydrogens is 533 g/mol. The zero-order valence-corrected chi connectivity index (χ0v) is 22.0. The van der Waals surface area contributed by atoms with E-state index in [1.165, 1.54) is 0 Å². The van der Waals surface area contributed by atoms with Crippen molar-refractivity contribution in [3.8, 4) is 11.5 Å². The quantitative estimate of drug-likeness (QED) is 0.427. The van der Waals surface area contributed by atoms with Crippen LogP contribution in [0.5, 0.6) is 11.5 Å². The van der Waals surface area contributed by atoms with Gasteiger partial charge in [-0.05, 0) is 79.8 Å². The van der Waals surface area contributed by atoms with Gasteiger partial charge in [0.25, 0.3) is 0 Å². The number of methoxy groups -OCH3 is 2. The van der Waals surface area contributed by atoms with Crippen molar-refractivity contribution in [1.29, 1.82) is 0 Å². The zero-order valence-electron chi connectivity index (χ0n) is 19.8. The summed E-state index contributed by atoms with van der Waals surface area (Å²) in [5, 5.41) is 0. The van der Waals surface area contributed by atoms with E-state index in [0.717, 1.165) is 57.4 Å². The minimum Gasteiger partial charge on any atom is -0.493 e. The van der Waals surface area contributed by atoms with Crippen LogP contribution in [-0.2, 0) is 14.3 Å². The summed E-state index contributed by atoms with van der Waals surface area (Å²) in [4.78, 5) is 28.9. The molecule has 6 nitrogen and oxygen atoms in total. The number of carbonyl (C=O) groups is 2. The van der Waals surface area contributed by atoms with Crippen LogP contribution in [-0.4, -0.2) is 49.9 Å². The van der Waals surface area contributed by atoms with Gasteiger partial charge in [0.15, 0.2) is 23.1 Å². The molecule has 2 aliphatic carbocycles. The third-order valence-corrected chi connectivity index (χ3v) is 7.35. The largest absolute Gasteiger partial charge is 0.493 e. The van der Waals surface area contributed by atoms with E-state index in [9.17, 15) is 9.59 Å². The van der Waals surface area contributed by atoms with Crippen LogP contribution in [0.25, 0.3) is 0 Å². The SMILES string of the molecule is COCCN1C2=C(C(=O)CCC2)C(c2cc(I)c(OC(C)C)c(OC)c2)C2=C1CCCC2=O. The number of ketones is 2. The number of hydrogen-bond donors (Lipinski definition) is 0. The Bertz CT molecular complexity index is 982. The van der Waals surface area contributed by atoms with Crippen LogP contribution < -0.4 is 9.47 Å². The maximum absolute atomic E-state index is 13.4. The van der Waals surface area contributed by atoms with Crippen molar-refractivity contribution in [1.82, 2.24) is 4.90 Å². The Balaban J connectivity index is 1.92. The molecule has 3 aliphatic rings. The Morgan fingerprint density at radius 2 is 1.61 bits per heavy atom. The van der Waals surface area contributed by atoms with Gasteiger partial charge in [0.2, 0.25) is 0 Å². The van der Waals surface area contributed by atoms with Crippen molar-refractivity contribution in [3.05, 3.63) is 43.8 Å². The maximum Gasteiger partial charge on any atom is 0.174 e. The van der Waals surface area contributed by atoms with Crippen LogP contribution in [0, 0.1) is 3.57 Å². The topological polar surface area (TPSA) is 65.1 Å². The van der Waals surface area contributed by atoms with E-state index in [1.807, 2.05) is 19.9 Å². The molecule has 1 heterocycles. The Morgan fingerprint density at radius 3 is 2.12 bits per heavy atom. The highest BCUT2D eigenvalue weighted by Crippen LogP contribution is 2.50.